The van der Waals surface area contributed by atoms with Crippen molar-refractivity contribution in [1.82, 2.24) is 0 Å². The highest BCUT2D eigenvalue weighted by Crippen LogP contribution is 2.38. The third-order valence-electron chi connectivity index (χ3n) is 3.82. The van der Waals surface area contributed by atoms with Gasteiger partial charge in [-0.15, -0.1) is 0 Å². The highest BCUT2D eigenvalue weighted by atomic mass is 16.3. The van der Waals surface area contributed by atoms with Crippen LogP contribution in [0.2, 0.25) is 0 Å². The van der Waals surface area contributed by atoms with Gasteiger partial charge in [-0.1, -0.05) is 31.8 Å². The van der Waals surface area contributed by atoms with Gasteiger partial charge in [-0.05, 0) is 44.1 Å². The van der Waals surface area contributed by atoms with E-state index in [-0.39, 0.29) is 0 Å². The first-order chi connectivity index (χ1) is 6.81. The van der Waals surface area contributed by atoms with Gasteiger partial charge in [-0.25, -0.2) is 0 Å². The van der Waals surface area contributed by atoms with E-state index in [0.717, 1.165) is 19.3 Å². The number of aliphatic hydroxyl groups is 1. The summed E-state index contributed by atoms with van der Waals surface area (Å²) in [6, 6.07) is 0. The molecule has 0 saturated heterocycles. The van der Waals surface area contributed by atoms with E-state index in [0.29, 0.717) is 0 Å². The molecule has 1 heteroatoms. The topological polar surface area (TPSA) is 20.2 Å². The Hall–Kier alpha value is -0.300. The van der Waals surface area contributed by atoms with Crippen molar-refractivity contribution in [2.75, 3.05) is 0 Å². The predicted molar refractivity (Wildman–Crippen MR) is 59.2 cm³/mol. The van der Waals surface area contributed by atoms with Gasteiger partial charge in [0.1, 0.15) is 0 Å². The van der Waals surface area contributed by atoms with Crippen LogP contribution in [-0.2, 0) is 0 Å². The van der Waals surface area contributed by atoms with Crippen LogP contribution in [0.15, 0.2) is 11.6 Å². The molecule has 0 unspecified atom stereocenters. The summed E-state index contributed by atoms with van der Waals surface area (Å²) >= 11 is 0. The first-order valence-corrected chi connectivity index (χ1v) is 6.23. The number of hydrogen-bond donors (Lipinski definition) is 1. The molecule has 0 aromatic heterocycles. The Bertz CT molecular complexity index is 211. The van der Waals surface area contributed by atoms with E-state index in [1.165, 1.54) is 50.5 Å². The molecule has 0 aromatic rings. The largest absolute Gasteiger partial charge is 0.386 e. The van der Waals surface area contributed by atoms with Crippen LogP contribution in [0.25, 0.3) is 0 Å². The van der Waals surface area contributed by atoms with Crippen LogP contribution in [0.4, 0.5) is 0 Å². The van der Waals surface area contributed by atoms with Gasteiger partial charge >= 0.3 is 0 Å². The van der Waals surface area contributed by atoms with Crippen molar-refractivity contribution in [2.24, 2.45) is 0 Å². The van der Waals surface area contributed by atoms with Crippen LogP contribution < -0.4 is 0 Å². The van der Waals surface area contributed by atoms with Gasteiger partial charge in [0.05, 0.1) is 5.60 Å². The van der Waals surface area contributed by atoms with E-state index in [2.05, 4.69) is 6.08 Å². The van der Waals surface area contributed by atoms with Gasteiger partial charge < -0.3 is 5.11 Å². The van der Waals surface area contributed by atoms with E-state index in [1.54, 1.807) is 0 Å². The number of hydrogen-bond acceptors (Lipinski definition) is 1. The molecule has 2 rings (SSSR count). The molecule has 1 fully saturated rings. The second-order valence-corrected chi connectivity index (χ2v) is 4.92. The molecule has 0 aliphatic heterocycles. The fourth-order valence-electron chi connectivity index (χ4n) is 2.90. The first kappa shape index (κ1) is 10.2. The predicted octanol–water partition coefficient (Wildman–Crippen LogP) is 3.57. The smallest absolute Gasteiger partial charge is 0.0856 e. The summed E-state index contributed by atoms with van der Waals surface area (Å²) in [5.41, 5.74) is 0.979. The van der Waals surface area contributed by atoms with Gasteiger partial charge in [0.15, 0.2) is 0 Å². The standard InChI is InChI=1S/C13H22O/c14-13(10-6-7-11-13)12-8-4-2-1-3-5-9-12/h8,14H,1-7,9-11H2. The van der Waals surface area contributed by atoms with E-state index in [1.807, 2.05) is 0 Å². The minimum atomic E-state index is -0.392. The summed E-state index contributed by atoms with van der Waals surface area (Å²) in [7, 11) is 0. The van der Waals surface area contributed by atoms with Crippen LogP contribution in [0, 0.1) is 0 Å². The van der Waals surface area contributed by atoms with Crippen LogP contribution in [-0.4, -0.2) is 10.7 Å². The molecule has 1 saturated carbocycles. The highest BCUT2D eigenvalue weighted by molar-refractivity contribution is 5.18. The SMILES string of the molecule is OC1(C2=CCCCCCC2)CCCC1. The molecule has 2 aliphatic rings. The van der Waals surface area contributed by atoms with E-state index < -0.39 is 5.60 Å². The van der Waals surface area contributed by atoms with E-state index in [9.17, 15) is 5.11 Å². The molecular weight excluding hydrogens is 172 g/mol. The molecule has 1 N–H and O–H groups in total. The van der Waals surface area contributed by atoms with Crippen molar-refractivity contribution in [3.8, 4) is 0 Å². The Labute approximate surface area is 87.2 Å². The lowest BCUT2D eigenvalue weighted by Crippen LogP contribution is -2.27. The molecule has 0 radical (unpaired) electrons. The van der Waals surface area contributed by atoms with Crippen LogP contribution >= 0.6 is 0 Å². The molecule has 1 nitrogen and oxygen atoms in total. The minimum Gasteiger partial charge on any atom is -0.386 e. The Balaban J connectivity index is 2.05. The second-order valence-electron chi connectivity index (χ2n) is 4.92. The zero-order chi connectivity index (χ0) is 9.86. The molecule has 80 valence electrons. The third-order valence-corrected chi connectivity index (χ3v) is 3.82. The number of rotatable bonds is 1. The van der Waals surface area contributed by atoms with Crippen molar-refractivity contribution in [3.05, 3.63) is 11.6 Å². The molecule has 0 amide bonds. The number of allylic oxidation sites excluding steroid dienone is 1. The summed E-state index contributed by atoms with van der Waals surface area (Å²) in [4.78, 5) is 0. The summed E-state index contributed by atoms with van der Waals surface area (Å²) in [5.74, 6) is 0. The molecule has 2 aliphatic carbocycles. The fraction of sp³-hybridized carbons (Fsp3) is 0.846. The summed E-state index contributed by atoms with van der Waals surface area (Å²) in [6.45, 7) is 0. The van der Waals surface area contributed by atoms with E-state index in [4.69, 9.17) is 0 Å². The maximum atomic E-state index is 10.5. The van der Waals surface area contributed by atoms with E-state index >= 15 is 0 Å². The quantitative estimate of drug-likeness (QED) is 0.633. The first-order valence-electron chi connectivity index (χ1n) is 6.23. The monoisotopic (exact) mass is 194 g/mol. The van der Waals surface area contributed by atoms with Crippen molar-refractivity contribution in [2.45, 2.75) is 69.8 Å². The van der Waals surface area contributed by atoms with Crippen LogP contribution in [0.1, 0.15) is 64.2 Å². The van der Waals surface area contributed by atoms with Crippen molar-refractivity contribution in [1.29, 1.82) is 0 Å². The molecule has 0 bridgehead atoms. The molecule has 0 spiro atoms. The zero-order valence-electron chi connectivity index (χ0n) is 9.10. The van der Waals surface area contributed by atoms with Gasteiger partial charge in [0.2, 0.25) is 0 Å². The van der Waals surface area contributed by atoms with Gasteiger partial charge in [0, 0.05) is 0 Å². The lowest BCUT2D eigenvalue weighted by molar-refractivity contribution is 0.0814. The Morgan fingerprint density at radius 2 is 1.64 bits per heavy atom. The normalized spacial score (nSPS) is 27.9. The maximum absolute atomic E-state index is 10.5. The maximum Gasteiger partial charge on any atom is 0.0856 e. The average Bonchev–Trinajstić information content (AvgIpc) is 2.52. The van der Waals surface area contributed by atoms with Crippen molar-refractivity contribution in [3.63, 3.8) is 0 Å². The minimum absolute atomic E-state index is 0.392. The van der Waals surface area contributed by atoms with Crippen LogP contribution in [0.3, 0.4) is 0 Å². The Morgan fingerprint density at radius 3 is 2.43 bits per heavy atom. The molecule has 0 heterocycles. The third kappa shape index (κ3) is 2.20. The van der Waals surface area contributed by atoms with Crippen LogP contribution in [0.5, 0.6) is 0 Å². The van der Waals surface area contributed by atoms with Crippen molar-refractivity contribution < 1.29 is 5.11 Å². The summed E-state index contributed by atoms with van der Waals surface area (Å²) < 4.78 is 0. The molecular formula is C13H22O. The highest BCUT2D eigenvalue weighted by Gasteiger charge is 2.34. The Morgan fingerprint density at radius 1 is 0.929 bits per heavy atom. The molecule has 14 heavy (non-hydrogen) atoms. The summed E-state index contributed by atoms with van der Waals surface area (Å²) in [5, 5.41) is 10.5. The Kier molecular flexibility index (Phi) is 3.27. The zero-order valence-corrected chi connectivity index (χ0v) is 9.10. The van der Waals surface area contributed by atoms with Gasteiger partial charge in [-0.2, -0.15) is 0 Å². The van der Waals surface area contributed by atoms with Gasteiger partial charge in [-0.3, -0.25) is 0 Å². The summed E-state index contributed by atoms with van der Waals surface area (Å²) in [6.07, 6.45) is 14.5. The molecule has 0 aromatic carbocycles. The second kappa shape index (κ2) is 4.48. The van der Waals surface area contributed by atoms with Gasteiger partial charge in [0.25, 0.3) is 0 Å². The fourth-order valence-corrected chi connectivity index (χ4v) is 2.90. The van der Waals surface area contributed by atoms with Crippen molar-refractivity contribution >= 4 is 0 Å². The molecule has 0 atom stereocenters. The lowest BCUT2D eigenvalue weighted by Gasteiger charge is -2.27. The average molecular weight is 194 g/mol. The lowest BCUT2D eigenvalue weighted by atomic mass is 9.85.